The molecule has 0 saturated carbocycles. The number of nitrogen functional groups attached to an aromatic ring is 1. The molecule has 0 atom stereocenters. The van der Waals surface area contributed by atoms with Gasteiger partial charge in [-0.25, -0.2) is 0 Å². The average molecular weight is 164 g/mol. The van der Waals surface area contributed by atoms with Gasteiger partial charge in [0.25, 0.3) is 0 Å². The first kappa shape index (κ1) is 8.59. The van der Waals surface area contributed by atoms with Crippen LogP contribution in [0, 0.1) is 6.92 Å². The highest BCUT2D eigenvalue weighted by molar-refractivity contribution is 6.02. The number of hydrogen-bond acceptors (Lipinski definition) is 3. The van der Waals surface area contributed by atoms with Crippen molar-refractivity contribution in [2.75, 3.05) is 5.73 Å². The third kappa shape index (κ3) is 1.56. The Morgan fingerprint density at radius 2 is 2.17 bits per heavy atom. The van der Waals surface area contributed by atoms with E-state index in [2.05, 4.69) is 5.16 Å². The summed E-state index contributed by atoms with van der Waals surface area (Å²) >= 11 is 0. The predicted molar refractivity (Wildman–Crippen MR) is 49.6 cm³/mol. The standard InChI is InChI=1S/C9H12N2O/c1-6-3-4-8(7(2)11-12)9(10)5-6/h3-5,12H,10H2,1-2H3/b11-7-. The van der Waals surface area contributed by atoms with E-state index >= 15 is 0 Å². The average Bonchev–Trinajstić information content (AvgIpc) is 2.03. The molecule has 0 radical (unpaired) electrons. The molecule has 3 nitrogen and oxygen atoms in total. The van der Waals surface area contributed by atoms with Crippen molar-refractivity contribution in [3.05, 3.63) is 29.3 Å². The maximum Gasteiger partial charge on any atom is 0.0857 e. The Morgan fingerprint density at radius 1 is 1.50 bits per heavy atom. The van der Waals surface area contributed by atoms with Crippen LogP contribution in [0.4, 0.5) is 5.69 Å². The molecule has 0 aliphatic heterocycles. The molecule has 64 valence electrons. The van der Waals surface area contributed by atoms with E-state index in [-0.39, 0.29) is 0 Å². The Hall–Kier alpha value is -1.51. The Kier molecular flexibility index (Phi) is 2.33. The summed E-state index contributed by atoms with van der Waals surface area (Å²) in [6, 6.07) is 5.63. The summed E-state index contributed by atoms with van der Waals surface area (Å²) in [6.07, 6.45) is 0. The van der Waals surface area contributed by atoms with Crippen molar-refractivity contribution in [1.29, 1.82) is 0 Å². The molecule has 0 fully saturated rings. The van der Waals surface area contributed by atoms with Gasteiger partial charge in [0.05, 0.1) is 5.71 Å². The summed E-state index contributed by atoms with van der Waals surface area (Å²) in [5.74, 6) is 0. The maximum absolute atomic E-state index is 8.51. The number of nitrogens with two attached hydrogens (primary N) is 1. The molecular weight excluding hydrogens is 152 g/mol. The molecule has 12 heavy (non-hydrogen) atoms. The van der Waals surface area contributed by atoms with Gasteiger partial charge in [0, 0.05) is 11.3 Å². The van der Waals surface area contributed by atoms with Crippen LogP contribution in [0.2, 0.25) is 0 Å². The molecule has 0 bridgehead atoms. The summed E-state index contributed by atoms with van der Waals surface area (Å²) in [5, 5.41) is 11.6. The van der Waals surface area contributed by atoms with Gasteiger partial charge in [-0.2, -0.15) is 0 Å². The highest BCUT2D eigenvalue weighted by Crippen LogP contribution is 2.14. The number of oxime groups is 1. The van der Waals surface area contributed by atoms with Crippen molar-refractivity contribution in [3.63, 3.8) is 0 Å². The molecule has 0 aliphatic rings. The summed E-state index contributed by atoms with van der Waals surface area (Å²) in [6.45, 7) is 3.67. The van der Waals surface area contributed by atoms with E-state index in [1.54, 1.807) is 6.92 Å². The molecule has 1 aromatic rings. The second kappa shape index (κ2) is 3.26. The van der Waals surface area contributed by atoms with Gasteiger partial charge in [0.2, 0.25) is 0 Å². The fourth-order valence-electron chi connectivity index (χ4n) is 1.07. The number of aryl methyl sites for hydroxylation is 1. The molecule has 1 rings (SSSR count). The van der Waals surface area contributed by atoms with Crippen molar-refractivity contribution in [2.24, 2.45) is 5.16 Å². The molecule has 0 amide bonds. The van der Waals surface area contributed by atoms with E-state index in [1.807, 2.05) is 25.1 Å². The monoisotopic (exact) mass is 164 g/mol. The van der Waals surface area contributed by atoms with Gasteiger partial charge in [0.15, 0.2) is 0 Å². The third-order valence-corrected chi connectivity index (χ3v) is 1.75. The molecule has 0 spiro atoms. The Morgan fingerprint density at radius 3 is 2.67 bits per heavy atom. The minimum Gasteiger partial charge on any atom is -0.411 e. The second-order valence-electron chi connectivity index (χ2n) is 2.78. The first-order valence-corrected chi connectivity index (χ1v) is 3.70. The molecular formula is C9H12N2O. The minimum absolute atomic E-state index is 0.535. The van der Waals surface area contributed by atoms with Crippen molar-refractivity contribution in [1.82, 2.24) is 0 Å². The summed E-state index contributed by atoms with van der Waals surface area (Å²) in [5.41, 5.74) is 8.76. The van der Waals surface area contributed by atoms with E-state index in [1.165, 1.54) is 0 Å². The molecule has 0 saturated heterocycles. The number of hydrogen-bond donors (Lipinski definition) is 2. The van der Waals surface area contributed by atoms with E-state index in [4.69, 9.17) is 10.9 Å². The summed E-state index contributed by atoms with van der Waals surface area (Å²) in [4.78, 5) is 0. The van der Waals surface area contributed by atoms with Crippen LogP contribution in [0.3, 0.4) is 0 Å². The molecule has 0 aliphatic carbocycles. The van der Waals surface area contributed by atoms with E-state index in [0.29, 0.717) is 11.4 Å². The van der Waals surface area contributed by atoms with Crippen LogP contribution >= 0.6 is 0 Å². The molecule has 0 heterocycles. The van der Waals surface area contributed by atoms with Gasteiger partial charge in [0.1, 0.15) is 0 Å². The van der Waals surface area contributed by atoms with Gasteiger partial charge >= 0.3 is 0 Å². The van der Waals surface area contributed by atoms with Crippen molar-refractivity contribution in [3.8, 4) is 0 Å². The number of anilines is 1. The van der Waals surface area contributed by atoms with Crippen LogP contribution in [-0.4, -0.2) is 10.9 Å². The molecule has 3 N–H and O–H groups in total. The molecule has 0 aromatic heterocycles. The minimum atomic E-state index is 0.535. The topological polar surface area (TPSA) is 58.6 Å². The fraction of sp³-hybridized carbons (Fsp3) is 0.222. The SMILES string of the molecule is C/C(=N/O)c1ccc(C)cc1N. The van der Waals surface area contributed by atoms with Crippen LogP contribution in [0.1, 0.15) is 18.1 Å². The molecule has 1 aromatic carbocycles. The van der Waals surface area contributed by atoms with Gasteiger partial charge in [-0.15, -0.1) is 0 Å². The van der Waals surface area contributed by atoms with Gasteiger partial charge in [-0.05, 0) is 25.5 Å². The Labute approximate surface area is 71.5 Å². The highest BCUT2D eigenvalue weighted by Gasteiger charge is 2.01. The van der Waals surface area contributed by atoms with Gasteiger partial charge in [-0.3, -0.25) is 0 Å². The zero-order valence-corrected chi connectivity index (χ0v) is 7.20. The zero-order valence-electron chi connectivity index (χ0n) is 7.20. The Balaban J connectivity index is 3.18. The third-order valence-electron chi connectivity index (χ3n) is 1.75. The lowest BCUT2D eigenvalue weighted by atomic mass is 10.1. The number of nitrogens with zero attached hydrogens (tertiary/aromatic N) is 1. The highest BCUT2D eigenvalue weighted by atomic mass is 16.4. The predicted octanol–water partition coefficient (Wildman–Crippen LogP) is 1.78. The maximum atomic E-state index is 8.51. The van der Waals surface area contributed by atoms with Crippen LogP contribution in [0.25, 0.3) is 0 Å². The van der Waals surface area contributed by atoms with Crippen molar-refractivity contribution in [2.45, 2.75) is 13.8 Å². The lowest BCUT2D eigenvalue weighted by Gasteiger charge is -2.03. The van der Waals surface area contributed by atoms with Crippen molar-refractivity contribution >= 4 is 11.4 Å². The van der Waals surface area contributed by atoms with E-state index in [9.17, 15) is 0 Å². The summed E-state index contributed by atoms with van der Waals surface area (Å²) in [7, 11) is 0. The first-order valence-electron chi connectivity index (χ1n) is 3.70. The summed E-state index contributed by atoms with van der Waals surface area (Å²) < 4.78 is 0. The Bertz CT molecular complexity index is 318. The lowest BCUT2D eigenvalue weighted by Crippen LogP contribution is -2.00. The van der Waals surface area contributed by atoms with Crippen LogP contribution in [0.5, 0.6) is 0 Å². The quantitative estimate of drug-likeness (QED) is 0.287. The van der Waals surface area contributed by atoms with E-state index in [0.717, 1.165) is 11.1 Å². The molecule has 0 unspecified atom stereocenters. The van der Waals surface area contributed by atoms with E-state index < -0.39 is 0 Å². The first-order chi connectivity index (χ1) is 5.65. The van der Waals surface area contributed by atoms with Crippen LogP contribution < -0.4 is 5.73 Å². The zero-order chi connectivity index (χ0) is 9.14. The number of benzene rings is 1. The van der Waals surface area contributed by atoms with Gasteiger partial charge < -0.3 is 10.9 Å². The van der Waals surface area contributed by atoms with Crippen LogP contribution in [-0.2, 0) is 0 Å². The smallest absolute Gasteiger partial charge is 0.0857 e. The van der Waals surface area contributed by atoms with Crippen LogP contribution in [0.15, 0.2) is 23.4 Å². The second-order valence-corrected chi connectivity index (χ2v) is 2.78. The lowest BCUT2D eigenvalue weighted by molar-refractivity contribution is 0.319. The number of rotatable bonds is 1. The fourth-order valence-corrected chi connectivity index (χ4v) is 1.07. The van der Waals surface area contributed by atoms with Gasteiger partial charge in [-0.1, -0.05) is 17.3 Å². The molecule has 3 heteroatoms. The normalized spacial score (nSPS) is 11.7. The van der Waals surface area contributed by atoms with Crippen molar-refractivity contribution < 1.29 is 5.21 Å². The largest absolute Gasteiger partial charge is 0.411 e.